The maximum Gasteiger partial charge on any atom is 0.335 e. The van der Waals surface area contributed by atoms with Crippen molar-refractivity contribution in [3.05, 3.63) is 65.5 Å². The van der Waals surface area contributed by atoms with Gasteiger partial charge in [-0.2, -0.15) is 5.10 Å². The van der Waals surface area contributed by atoms with Gasteiger partial charge in [0.05, 0.1) is 18.3 Å². The number of carboxylic acids is 1. The smallest absolute Gasteiger partial charge is 0.335 e. The van der Waals surface area contributed by atoms with Crippen LogP contribution in [0.25, 0.3) is 0 Å². The van der Waals surface area contributed by atoms with Gasteiger partial charge >= 0.3 is 5.97 Å². The van der Waals surface area contributed by atoms with Gasteiger partial charge in [0, 0.05) is 24.3 Å². The van der Waals surface area contributed by atoms with Crippen LogP contribution in [0.15, 0.2) is 43.2 Å². The van der Waals surface area contributed by atoms with Crippen molar-refractivity contribution in [1.29, 1.82) is 0 Å². The van der Waals surface area contributed by atoms with Crippen LogP contribution in [0, 0.1) is 0 Å². The number of nitrogens with zero attached hydrogens (tertiary/aromatic N) is 2. The quantitative estimate of drug-likeness (QED) is 0.801. The summed E-state index contributed by atoms with van der Waals surface area (Å²) in [5.74, 6) is -0.867. The molecule has 2 N–H and O–H groups in total. The number of nitrogens with one attached hydrogen (secondary N) is 1. The number of hydrogen-bond donors (Lipinski definition) is 2. The first kappa shape index (κ1) is 14.5. The molecule has 22 heavy (non-hydrogen) atoms. The Hall–Kier alpha value is -2.40. The van der Waals surface area contributed by atoms with Crippen molar-refractivity contribution in [1.82, 2.24) is 15.1 Å². The zero-order valence-electron chi connectivity index (χ0n) is 12.3. The Balaban J connectivity index is 1.58. The minimum absolute atomic E-state index is 0.349. The van der Waals surface area contributed by atoms with E-state index in [1.807, 2.05) is 29.2 Å². The van der Waals surface area contributed by atoms with Crippen molar-refractivity contribution in [2.75, 3.05) is 0 Å². The van der Waals surface area contributed by atoms with E-state index in [-0.39, 0.29) is 0 Å². The van der Waals surface area contributed by atoms with Gasteiger partial charge < -0.3 is 10.4 Å². The molecular formula is C17H19N3O2. The maximum atomic E-state index is 11.0. The number of fused-ring (bicyclic) bond motifs is 1. The molecule has 0 bridgehead atoms. The van der Waals surface area contributed by atoms with Gasteiger partial charge in [-0.05, 0) is 36.1 Å². The SMILES string of the molecule is C=CCn1cc(CNC2Cc3ccc(C(=O)O)cc3C2)cn1. The number of benzene rings is 1. The fourth-order valence-electron chi connectivity index (χ4n) is 2.89. The zero-order valence-corrected chi connectivity index (χ0v) is 12.3. The molecule has 0 spiro atoms. The van der Waals surface area contributed by atoms with E-state index in [0.29, 0.717) is 18.2 Å². The highest BCUT2D eigenvalue weighted by molar-refractivity contribution is 5.88. The predicted octanol–water partition coefficient (Wildman–Crippen LogP) is 2.02. The number of carbonyl (C=O) groups is 1. The summed E-state index contributed by atoms with van der Waals surface area (Å²) in [5.41, 5.74) is 3.89. The lowest BCUT2D eigenvalue weighted by Gasteiger charge is -2.10. The third-order valence-electron chi connectivity index (χ3n) is 3.98. The summed E-state index contributed by atoms with van der Waals surface area (Å²) < 4.78 is 1.85. The van der Waals surface area contributed by atoms with Crippen LogP contribution in [0.5, 0.6) is 0 Å². The lowest BCUT2D eigenvalue weighted by molar-refractivity contribution is 0.0697. The molecule has 1 aromatic carbocycles. The summed E-state index contributed by atoms with van der Waals surface area (Å²) in [7, 11) is 0. The Labute approximate surface area is 129 Å². The largest absolute Gasteiger partial charge is 0.478 e. The average Bonchev–Trinajstić information content (AvgIpc) is 3.10. The van der Waals surface area contributed by atoms with Crippen LogP contribution in [0.1, 0.15) is 27.0 Å². The van der Waals surface area contributed by atoms with E-state index in [1.54, 1.807) is 12.1 Å². The van der Waals surface area contributed by atoms with Crippen molar-refractivity contribution in [3.63, 3.8) is 0 Å². The van der Waals surface area contributed by atoms with Crippen LogP contribution >= 0.6 is 0 Å². The van der Waals surface area contributed by atoms with Gasteiger partial charge in [-0.1, -0.05) is 12.1 Å². The number of aromatic carboxylic acids is 1. The molecule has 0 fully saturated rings. The highest BCUT2D eigenvalue weighted by atomic mass is 16.4. The Bertz CT molecular complexity index is 706. The van der Waals surface area contributed by atoms with Crippen molar-refractivity contribution in [3.8, 4) is 0 Å². The van der Waals surface area contributed by atoms with Crippen LogP contribution in [0.2, 0.25) is 0 Å². The van der Waals surface area contributed by atoms with Crippen LogP contribution in [-0.4, -0.2) is 26.9 Å². The van der Waals surface area contributed by atoms with Gasteiger partial charge in [0.1, 0.15) is 0 Å². The first-order valence-corrected chi connectivity index (χ1v) is 7.36. The number of hydrogen-bond acceptors (Lipinski definition) is 3. The van der Waals surface area contributed by atoms with E-state index in [9.17, 15) is 4.79 Å². The molecule has 2 aromatic rings. The molecule has 5 heteroatoms. The van der Waals surface area contributed by atoms with E-state index < -0.39 is 5.97 Å². The summed E-state index contributed by atoms with van der Waals surface area (Å²) in [4.78, 5) is 11.0. The van der Waals surface area contributed by atoms with Gasteiger partial charge in [-0.15, -0.1) is 6.58 Å². The normalized spacial score (nSPS) is 16.5. The van der Waals surface area contributed by atoms with Gasteiger partial charge in [-0.3, -0.25) is 4.68 Å². The number of allylic oxidation sites excluding steroid dienone is 1. The molecule has 1 heterocycles. The maximum absolute atomic E-state index is 11.0. The number of carboxylic acid groups (broad SMARTS) is 1. The molecule has 0 saturated heterocycles. The first-order chi connectivity index (χ1) is 10.7. The second-order valence-corrected chi connectivity index (χ2v) is 5.63. The summed E-state index contributed by atoms with van der Waals surface area (Å²) in [6, 6.07) is 5.76. The monoisotopic (exact) mass is 297 g/mol. The van der Waals surface area contributed by atoms with Gasteiger partial charge in [0.25, 0.3) is 0 Å². The fraction of sp³-hybridized carbons (Fsp3) is 0.294. The second kappa shape index (κ2) is 6.15. The molecular weight excluding hydrogens is 278 g/mol. The third-order valence-corrected chi connectivity index (χ3v) is 3.98. The Morgan fingerprint density at radius 1 is 1.45 bits per heavy atom. The van der Waals surface area contributed by atoms with Gasteiger partial charge in [0.15, 0.2) is 0 Å². The lowest BCUT2D eigenvalue weighted by atomic mass is 10.1. The topological polar surface area (TPSA) is 67.2 Å². The summed E-state index contributed by atoms with van der Waals surface area (Å²) in [6.07, 6.45) is 7.51. The molecule has 5 nitrogen and oxygen atoms in total. The predicted molar refractivity (Wildman–Crippen MR) is 83.9 cm³/mol. The van der Waals surface area contributed by atoms with Crippen LogP contribution in [0.3, 0.4) is 0 Å². The molecule has 0 amide bonds. The summed E-state index contributed by atoms with van der Waals surface area (Å²) >= 11 is 0. The molecule has 114 valence electrons. The molecule has 1 aliphatic rings. The van der Waals surface area contributed by atoms with Crippen molar-refractivity contribution in [2.24, 2.45) is 0 Å². The van der Waals surface area contributed by atoms with Gasteiger partial charge in [0.2, 0.25) is 0 Å². The Morgan fingerprint density at radius 2 is 2.27 bits per heavy atom. The van der Waals surface area contributed by atoms with Crippen LogP contribution in [0.4, 0.5) is 0 Å². The van der Waals surface area contributed by atoms with Crippen molar-refractivity contribution < 1.29 is 9.90 Å². The van der Waals surface area contributed by atoms with E-state index in [0.717, 1.165) is 30.5 Å². The van der Waals surface area contributed by atoms with E-state index in [1.165, 1.54) is 5.56 Å². The molecule has 3 rings (SSSR count). The summed E-state index contributed by atoms with van der Waals surface area (Å²) in [6.45, 7) is 5.18. The molecule has 0 radical (unpaired) electrons. The highest BCUT2D eigenvalue weighted by Crippen LogP contribution is 2.23. The second-order valence-electron chi connectivity index (χ2n) is 5.63. The zero-order chi connectivity index (χ0) is 15.5. The average molecular weight is 297 g/mol. The highest BCUT2D eigenvalue weighted by Gasteiger charge is 2.22. The number of aromatic nitrogens is 2. The van der Waals surface area contributed by atoms with Crippen molar-refractivity contribution >= 4 is 5.97 Å². The van der Waals surface area contributed by atoms with Crippen LogP contribution < -0.4 is 5.32 Å². The van der Waals surface area contributed by atoms with E-state index in [4.69, 9.17) is 5.11 Å². The summed E-state index contributed by atoms with van der Waals surface area (Å²) in [5, 5.41) is 16.8. The molecule has 1 aromatic heterocycles. The lowest BCUT2D eigenvalue weighted by Crippen LogP contribution is -2.28. The minimum atomic E-state index is -0.867. The van der Waals surface area contributed by atoms with E-state index >= 15 is 0 Å². The molecule has 0 saturated carbocycles. The number of rotatable bonds is 6. The standard InChI is InChI=1S/C17H19N3O2/c1-2-5-20-11-12(10-19-20)9-18-16-7-13-3-4-14(17(21)22)6-15(13)8-16/h2-4,6,10-11,16,18H,1,5,7-9H2,(H,21,22). The molecule has 0 aliphatic heterocycles. The van der Waals surface area contributed by atoms with Gasteiger partial charge in [-0.25, -0.2) is 4.79 Å². The molecule has 1 aliphatic carbocycles. The third kappa shape index (κ3) is 3.09. The molecule has 1 atom stereocenters. The minimum Gasteiger partial charge on any atom is -0.478 e. The fourth-order valence-corrected chi connectivity index (χ4v) is 2.89. The Morgan fingerprint density at radius 3 is 3.05 bits per heavy atom. The van der Waals surface area contributed by atoms with Crippen LogP contribution in [-0.2, 0) is 25.9 Å². The first-order valence-electron chi connectivity index (χ1n) is 7.36. The van der Waals surface area contributed by atoms with E-state index in [2.05, 4.69) is 17.0 Å². The molecule has 1 unspecified atom stereocenters. The van der Waals surface area contributed by atoms with Crippen molar-refractivity contribution in [2.45, 2.75) is 32.0 Å². The Kier molecular flexibility index (Phi) is 4.06.